The van der Waals surface area contributed by atoms with Gasteiger partial charge in [-0.1, -0.05) is 28.7 Å². The molecule has 0 aliphatic carbocycles. The second-order valence-corrected chi connectivity index (χ2v) is 2.84. The molecule has 0 atom stereocenters. The van der Waals surface area contributed by atoms with Crippen molar-refractivity contribution in [3.63, 3.8) is 0 Å². The highest BCUT2D eigenvalue weighted by molar-refractivity contribution is 14.1. The Bertz CT molecular complexity index is 343. The van der Waals surface area contributed by atoms with Crippen LogP contribution in [0.4, 0.5) is 0 Å². The number of aromatic nitrogens is 1. The van der Waals surface area contributed by atoms with Crippen molar-refractivity contribution in [1.29, 1.82) is 5.26 Å². The van der Waals surface area contributed by atoms with Crippen molar-refractivity contribution in [3.8, 4) is 6.07 Å². The molecule has 0 aliphatic rings. The summed E-state index contributed by atoms with van der Waals surface area (Å²) >= 11 is 1.97. The Morgan fingerprint density at radius 1 is 1.67 bits per heavy atom. The smallest absolute Gasteiger partial charge is 0.190 e. The van der Waals surface area contributed by atoms with Crippen LogP contribution in [0.25, 0.3) is 0 Å². The van der Waals surface area contributed by atoms with Crippen molar-refractivity contribution in [2.24, 2.45) is 0 Å². The van der Waals surface area contributed by atoms with Gasteiger partial charge in [0.25, 0.3) is 0 Å². The largest absolute Gasteiger partial charge is 0.292 e. The topological polar surface area (TPSA) is 53.8 Å². The SMILES string of the molecule is N#Cc1cccc(C(=O)CI)n1. The van der Waals surface area contributed by atoms with Gasteiger partial charge in [-0.25, -0.2) is 4.98 Å². The number of pyridine rings is 1. The van der Waals surface area contributed by atoms with Crippen LogP contribution < -0.4 is 0 Å². The third kappa shape index (κ3) is 2.01. The minimum Gasteiger partial charge on any atom is -0.292 e. The van der Waals surface area contributed by atoms with Crippen molar-refractivity contribution in [1.82, 2.24) is 4.98 Å². The predicted octanol–water partition coefficient (Wildman–Crippen LogP) is 1.57. The first-order chi connectivity index (χ1) is 5.77. The molecular weight excluding hydrogens is 267 g/mol. The molecule has 0 amide bonds. The lowest BCUT2D eigenvalue weighted by molar-refractivity contribution is 0.102. The molecule has 0 N–H and O–H groups in total. The molecule has 0 unspecified atom stereocenters. The number of carbonyl (C=O) groups is 1. The van der Waals surface area contributed by atoms with Crippen LogP contribution >= 0.6 is 22.6 Å². The van der Waals surface area contributed by atoms with Crippen LogP contribution in [0.3, 0.4) is 0 Å². The number of halogens is 1. The van der Waals surface area contributed by atoms with Gasteiger partial charge in [0, 0.05) is 0 Å². The molecule has 1 aromatic heterocycles. The number of nitriles is 1. The fourth-order valence-corrected chi connectivity index (χ4v) is 1.11. The minimum atomic E-state index is -0.0484. The van der Waals surface area contributed by atoms with E-state index in [1.807, 2.05) is 28.7 Å². The normalized spacial score (nSPS) is 9.00. The van der Waals surface area contributed by atoms with Crippen molar-refractivity contribution in [2.75, 3.05) is 4.43 Å². The number of hydrogen-bond acceptors (Lipinski definition) is 3. The Morgan fingerprint density at radius 3 is 3.00 bits per heavy atom. The number of alkyl halides is 1. The number of Topliss-reactive ketones (excluding diaryl/α,β-unsaturated/α-hetero) is 1. The highest BCUT2D eigenvalue weighted by Gasteiger charge is 2.04. The van der Waals surface area contributed by atoms with E-state index >= 15 is 0 Å². The maximum Gasteiger partial charge on any atom is 0.190 e. The van der Waals surface area contributed by atoms with Gasteiger partial charge in [0.2, 0.25) is 0 Å². The van der Waals surface area contributed by atoms with Crippen LogP contribution in [0, 0.1) is 11.3 Å². The molecule has 0 spiro atoms. The maximum atomic E-state index is 11.1. The predicted molar refractivity (Wildman–Crippen MR) is 52.2 cm³/mol. The fraction of sp³-hybridized carbons (Fsp3) is 0.125. The second kappa shape index (κ2) is 4.16. The molecule has 0 saturated carbocycles. The summed E-state index contributed by atoms with van der Waals surface area (Å²) in [5, 5.41) is 8.49. The molecule has 0 fully saturated rings. The Kier molecular flexibility index (Phi) is 3.17. The quantitative estimate of drug-likeness (QED) is 0.466. The van der Waals surface area contributed by atoms with Gasteiger partial charge in [0.1, 0.15) is 17.5 Å². The molecular formula is C8H5IN2O. The maximum absolute atomic E-state index is 11.1. The van der Waals surface area contributed by atoms with E-state index in [9.17, 15) is 4.79 Å². The monoisotopic (exact) mass is 272 g/mol. The van der Waals surface area contributed by atoms with Gasteiger partial charge in [-0.3, -0.25) is 4.79 Å². The zero-order valence-corrected chi connectivity index (χ0v) is 8.28. The number of rotatable bonds is 2. The lowest BCUT2D eigenvalue weighted by atomic mass is 10.2. The third-order valence-corrected chi connectivity index (χ3v) is 1.96. The molecule has 3 nitrogen and oxygen atoms in total. The van der Waals surface area contributed by atoms with Crippen molar-refractivity contribution in [2.45, 2.75) is 0 Å². The van der Waals surface area contributed by atoms with E-state index in [4.69, 9.17) is 5.26 Å². The van der Waals surface area contributed by atoms with E-state index in [2.05, 4.69) is 4.98 Å². The number of carbonyl (C=O) groups excluding carboxylic acids is 1. The summed E-state index contributed by atoms with van der Waals surface area (Å²) in [6.45, 7) is 0. The van der Waals surface area contributed by atoms with Gasteiger partial charge in [-0.2, -0.15) is 5.26 Å². The van der Waals surface area contributed by atoms with Crippen LogP contribution in [0.2, 0.25) is 0 Å². The molecule has 1 rings (SSSR count). The Labute approximate surface area is 83.6 Å². The van der Waals surface area contributed by atoms with Gasteiger partial charge in [-0.15, -0.1) is 0 Å². The van der Waals surface area contributed by atoms with Gasteiger partial charge < -0.3 is 0 Å². The van der Waals surface area contributed by atoms with Gasteiger partial charge in [0.05, 0.1) is 4.43 Å². The highest BCUT2D eigenvalue weighted by atomic mass is 127. The molecule has 60 valence electrons. The summed E-state index contributed by atoms with van der Waals surface area (Å²) < 4.78 is 0.389. The van der Waals surface area contributed by atoms with Crippen LogP contribution in [-0.2, 0) is 0 Å². The average Bonchev–Trinajstić information content (AvgIpc) is 2.17. The Balaban J connectivity index is 3.04. The zero-order chi connectivity index (χ0) is 8.97. The summed E-state index contributed by atoms with van der Waals surface area (Å²) in [4.78, 5) is 14.9. The summed E-state index contributed by atoms with van der Waals surface area (Å²) in [5.41, 5.74) is 0.647. The molecule has 0 saturated heterocycles. The minimum absolute atomic E-state index is 0.0484. The van der Waals surface area contributed by atoms with Gasteiger partial charge >= 0.3 is 0 Å². The number of nitrogens with zero attached hydrogens (tertiary/aromatic N) is 2. The molecule has 0 aromatic carbocycles. The van der Waals surface area contributed by atoms with E-state index in [1.54, 1.807) is 18.2 Å². The van der Waals surface area contributed by atoms with Gasteiger partial charge in [-0.05, 0) is 12.1 Å². The van der Waals surface area contributed by atoms with E-state index in [-0.39, 0.29) is 11.5 Å². The average molecular weight is 272 g/mol. The lowest BCUT2D eigenvalue weighted by Crippen LogP contribution is -2.03. The summed E-state index contributed by atoms with van der Waals surface area (Å²) in [6.07, 6.45) is 0. The van der Waals surface area contributed by atoms with Crippen LogP contribution in [0.1, 0.15) is 16.2 Å². The summed E-state index contributed by atoms with van der Waals surface area (Å²) in [6, 6.07) is 6.72. The van der Waals surface area contributed by atoms with Crippen LogP contribution in [0.15, 0.2) is 18.2 Å². The first-order valence-electron chi connectivity index (χ1n) is 3.24. The zero-order valence-electron chi connectivity index (χ0n) is 6.12. The number of ketones is 1. The Morgan fingerprint density at radius 2 is 2.42 bits per heavy atom. The van der Waals surface area contributed by atoms with Crippen molar-refractivity contribution in [3.05, 3.63) is 29.6 Å². The standard InChI is InChI=1S/C8H5IN2O/c9-4-8(12)7-3-1-2-6(5-10)11-7/h1-3H,4H2. The lowest BCUT2D eigenvalue weighted by Gasteiger charge is -1.94. The molecule has 0 radical (unpaired) electrons. The molecule has 1 heterocycles. The highest BCUT2D eigenvalue weighted by Crippen LogP contribution is 2.01. The van der Waals surface area contributed by atoms with E-state index < -0.39 is 0 Å². The number of hydrogen-bond donors (Lipinski definition) is 0. The van der Waals surface area contributed by atoms with Gasteiger partial charge in [0.15, 0.2) is 5.78 Å². The first-order valence-corrected chi connectivity index (χ1v) is 4.77. The molecule has 4 heteroatoms. The van der Waals surface area contributed by atoms with E-state index in [0.29, 0.717) is 10.1 Å². The van der Waals surface area contributed by atoms with Crippen molar-refractivity contribution < 1.29 is 4.79 Å². The van der Waals surface area contributed by atoms with E-state index in [0.717, 1.165) is 0 Å². The first kappa shape index (κ1) is 9.13. The summed E-state index contributed by atoms with van der Waals surface area (Å²) in [7, 11) is 0. The molecule has 12 heavy (non-hydrogen) atoms. The van der Waals surface area contributed by atoms with Crippen LogP contribution in [-0.4, -0.2) is 15.2 Å². The molecule has 0 aliphatic heterocycles. The second-order valence-electron chi connectivity index (χ2n) is 2.08. The molecule has 1 aromatic rings. The molecule has 0 bridgehead atoms. The summed E-state index contributed by atoms with van der Waals surface area (Å²) in [5.74, 6) is -0.0484. The fourth-order valence-electron chi connectivity index (χ4n) is 0.721. The van der Waals surface area contributed by atoms with Crippen molar-refractivity contribution >= 4 is 28.4 Å². The third-order valence-electron chi connectivity index (χ3n) is 1.27. The van der Waals surface area contributed by atoms with Crippen LogP contribution in [0.5, 0.6) is 0 Å². The van der Waals surface area contributed by atoms with E-state index in [1.165, 1.54) is 0 Å². The Hall–Kier alpha value is -0.960.